The molecule has 0 saturated carbocycles. The molecule has 2 unspecified atom stereocenters. The average Bonchev–Trinajstić information content (AvgIpc) is 3.05. The molecule has 8 heteroatoms. The molecule has 21 heavy (non-hydrogen) atoms. The Morgan fingerprint density at radius 2 is 2.14 bits per heavy atom. The summed E-state index contributed by atoms with van der Waals surface area (Å²) in [7, 11) is 0. The van der Waals surface area contributed by atoms with Crippen molar-refractivity contribution in [3.8, 4) is 0 Å². The molecule has 2 rings (SSSR count). The SMILES string of the molecule is CCCC(=O)N1CSCC1C(=O)N1CCC(F)(C(=O)O)C1. The first-order valence-corrected chi connectivity index (χ1v) is 8.13. The molecule has 2 saturated heterocycles. The van der Waals surface area contributed by atoms with E-state index in [-0.39, 0.29) is 24.8 Å². The molecule has 2 atom stereocenters. The first-order chi connectivity index (χ1) is 9.89. The molecule has 2 aliphatic heterocycles. The van der Waals surface area contributed by atoms with Gasteiger partial charge in [-0.3, -0.25) is 9.59 Å². The van der Waals surface area contributed by atoms with Gasteiger partial charge in [0.25, 0.3) is 0 Å². The minimum atomic E-state index is -2.36. The second-order valence-corrected chi connectivity index (χ2v) is 6.41. The van der Waals surface area contributed by atoms with Crippen molar-refractivity contribution in [1.29, 1.82) is 0 Å². The molecule has 6 nitrogen and oxygen atoms in total. The Hall–Kier alpha value is -1.31. The monoisotopic (exact) mass is 318 g/mol. The maximum atomic E-state index is 14.0. The molecule has 0 aromatic heterocycles. The Labute approximate surface area is 126 Å². The van der Waals surface area contributed by atoms with Crippen LogP contribution >= 0.6 is 11.8 Å². The van der Waals surface area contributed by atoms with Crippen molar-refractivity contribution in [3.05, 3.63) is 0 Å². The summed E-state index contributed by atoms with van der Waals surface area (Å²) >= 11 is 1.49. The molecular formula is C13H19FN2O4S. The van der Waals surface area contributed by atoms with Gasteiger partial charge in [-0.2, -0.15) is 0 Å². The van der Waals surface area contributed by atoms with Crippen molar-refractivity contribution in [2.24, 2.45) is 0 Å². The van der Waals surface area contributed by atoms with Crippen LogP contribution in [0.1, 0.15) is 26.2 Å². The third-order valence-electron chi connectivity index (χ3n) is 3.87. The van der Waals surface area contributed by atoms with Gasteiger partial charge in [-0.25, -0.2) is 9.18 Å². The lowest BCUT2D eigenvalue weighted by atomic mass is 10.1. The fourth-order valence-electron chi connectivity index (χ4n) is 2.60. The summed E-state index contributed by atoms with van der Waals surface area (Å²) in [5.74, 6) is -1.01. The Balaban J connectivity index is 2.03. The molecule has 0 bridgehead atoms. The van der Waals surface area contributed by atoms with Crippen molar-refractivity contribution in [2.75, 3.05) is 24.7 Å². The molecule has 0 aromatic rings. The summed E-state index contributed by atoms with van der Waals surface area (Å²) in [6.45, 7) is 1.54. The van der Waals surface area contributed by atoms with Gasteiger partial charge in [0.05, 0.1) is 12.4 Å². The van der Waals surface area contributed by atoms with E-state index in [1.165, 1.54) is 21.6 Å². The molecule has 0 aromatic carbocycles. The van der Waals surface area contributed by atoms with Crippen LogP contribution < -0.4 is 0 Å². The van der Waals surface area contributed by atoms with Gasteiger partial charge in [-0.15, -0.1) is 11.8 Å². The predicted octanol–water partition coefficient (Wildman–Crippen LogP) is 0.713. The zero-order chi connectivity index (χ0) is 15.6. The number of alkyl halides is 1. The highest BCUT2D eigenvalue weighted by atomic mass is 32.2. The van der Waals surface area contributed by atoms with Crippen molar-refractivity contribution >= 4 is 29.5 Å². The lowest BCUT2D eigenvalue weighted by Crippen LogP contribution is -2.49. The zero-order valence-electron chi connectivity index (χ0n) is 11.9. The smallest absolute Gasteiger partial charge is 0.343 e. The molecule has 0 aliphatic carbocycles. The molecule has 0 radical (unpaired) electrons. The van der Waals surface area contributed by atoms with E-state index in [0.717, 1.165) is 0 Å². The first kappa shape index (κ1) is 16.1. The second-order valence-electron chi connectivity index (χ2n) is 5.41. The number of rotatable bonds is 4. The van der Waals surface area contributed by atoms with Crippen LogP contribution in [-0.2, 0) is 14.4 Å². The normalized spacial score (nSPS) is 29.0. The van der Waals surface area contributed by atoms with Crippen LogP contribution in [-0.4, -0.2) is 69.1 Å². The summed E-state index contributed by atoms with van der Waals surface area (Å²) in [5.41, 5.74) is -2.36. The number of thioether (sulfide) groups is 1. The highest BCUT2D eigenvalue weighted by Crippen LogP contribution is 2.29. The maximum absolute atomic E-state index is 14.0. The fraction of sp³-hybridized carbons (Fsp3) is 0.769. The summed E-state index contributed by atoms with van der Waals surface area (Å²) in [6.07, 6.45) is 0.889. The van der Waals surface area contributed by atoms with Crippen LogP contribution in [0.25, 0.3) is 0 Å². The van der Waals surface area contributed by atoms with Gasteiger partial charge >= 0.3 is 5.97 Å². The number of carbonyl (C=O) groups is 3. The number of carboxylic acid groups (broad SMARTS) is 1. The lowest BCUT2D eigenvalue weighted by Gasteiger charge is -2.27. The van der Waals surface area contributed by atoms with Gasteiger partial charge in [0.2, 0.25) is 17.5 Å². The molecule has 118 valence electrons. The fourth-order valence-corrected chi connectivity index (χ4v) is 3.77. The van der Waals surface area contributed by atoms with Crippen LogP contribution in [0, 0.1) is 0 Å². The van der Waals surface area contributed by atoms with Crippen molar-refractivity contribution in [1.82, 2.24) is 9.80 Å². The average molecular weight is 318 g/mol. The number of aliphatic carboxylic acids is 1. The van der Waals surface area contributed by atoms with E-state index in [4.69, 9.17) is 5.11 Å². The minimum absolute atomic E-state index is 0.0789. The number of likely N-dealkylation sites (tertiary alicyclic amines) is 1. The molecule has 2 amide bonds. The van der Waals surface area contributed by atoms with Gasteiger partial charge in [0.1, 0.15) is 6.04 Å². The third-order valence-corrected chi connectivity index (χ3v) is 4.88. The number of halogens is 1. The first-order valence-electron chi connectivity index (χ1n) is 6.97. The highest BCUT2D eigenvalue weighted by molar-refractivity contribution is 7.99. The van der Waals surface area contributed by atoms with Crippen LogP contribution in [0.5, 0.6) is 0 Å². The van der Waals surface area contributed by atoms with Gasteiger partial charge < -0.3 is 14.9 Å². The van der Waals surface area contributed by atoms with Crippen molar-refractivity contribution in [3.63, 3.8) is 0 Å². The van der Waals surface area contributed by atoms with E-state index in [9.17, 15) is 18.8 Å². The van der Waals surface area contributed by atoms with Crippen molar-refractivity contribution < 1.29 is 23.9 Å². The quantitative estimate of drug-likeness (QED) is 0.826. The minimum Gasteiger partial charge on any atom is -0.479 e. The standard InChI is InChI=1S/C13H19FN2O4S/c1-2-3-10(17)16-8-21-6-9(16)11(18)15-5-4-13(14,7-15)12(19)20/h9H,2-8H2,1H3,(H,19,20). The third kappa shape index (κ3) is 3.14. The molecule has 1 N–H and O–H groups in total. The number of nitrogens with zero attached hydrogens (tertiary/aromatic N) is 2. The Kier molecular flexibility index (Phi) is 4.75. The van der Waals surface area contributed by atoms with Gasteiger partial charge in [0, 0.05) is 25.1 Å². The van der Waals surface area contributed by atoms with Crippen LogP contribution in [0.4, 0.5) is 4.39 Å². The van der Waals surface area contributed by atoms with E-state index >= 15 is 0 Å². The van der Waals surface area contributed by atoms with E-state index < -0.39 is 24.2 Å². The van der Waals surface area contributed by atoms with E-state index in [1.807, 2.05) is 6.92 Å². The molecule has 2 fully saturated rings. The number of hydrogen-bond acceptors (Lipinski definition) is 4. The predicted molar refractivity (Wildman–Crippen MR) is 75.5 cm³/mol. The summed E-state index contributed by atoms with van der Waals surface area (Å²) < 4.78 is 14.0. The van der Waals surface area contributed by atoms with E-state index in [2.05, 4.69) is 0 Å². The van der Waals surface area contributed by atoms with Gasteiger partial charge in [0.15, 0.2) is 0 Å². The largest absolute Gasteiger partial charge is 0.479 e. The van der Waals surface area contributed by atoms with Crippen LogP contribution in [0.3, 0.4) is 0 Å². The van der Waals surface area contributed by atoms with Crippen LogP contribution in [0.2, 0.25) is 0 Å². The Morgan fingerprint density at radius 3 is 2.71 bits per heavy atom. The molecular weight excluding hydrogens is 299 g/mol. The molecule has 2 heterocycles. The summed E-state index contributed by atoms with van der Waals surface area (Å²) in [6, 6.07) is -0.592. The number of amides is 2. The summed E-state index contributed by atoms with van der Waals surface area (Å²) in [4.78, 5) is 38.1. The number of carboxylic acids is 1. The zero-order valence-corrected chi connectivity index (χ0v) is 12.7. The number of hydrogen-bond donors (Lipinski definition) is 1. The maximum Gasteiger partial charge on any atom is 0.343 e. The summed E-state index contributed by atoms with van der Waals surface area (Å²) in [5, 5.41) is 8.87. The topological polar surface area (TPSA) is 77.9 Å². The number of carbonyl (C=O) groups excluding carboxylic acids is 2. The Bertz CT molecular complexity index is 461. The van der Waals surface area contributed by atoms with E-state index in [1.54, 1.807) is 0 Å². The van der Waals surface area contributed by atoms with E-state index in [0.29, 0.717) is 24.5 Å². The van der Waals surface area contributed by atoms with Crippen molar-refractivity contribution in [2.45, 2.75) is 37.9 Å². The molecule has 2 aliphatic rings. The Morgan fingerprint density at radius 1 is 1.43 bits per heavy atom. The molecule has 0 spiro atoms. The van der Waals surface area contributed by atoms with Gasteiger partial charge in [-0.1, -0.05) is 6.92 Å². The second kappa shape index (κ2) is 6.21. The lowest BCUT2D eigenvalue weighted by molar-refractivity contribution is -0.151. The van der Waals surface area contributed by atoms with Gasteiger partial charge in [-0.05, 0) is 6.42 Å². The highest BCUT2D eigenvalue weighted by Gasteiger charge is 2.49. The van der Waals surface area contributed by atoms with Crippen LogP contribution in [0.15, 0.2) is 0 Å².